The van der Waals surface area contributed by atoms with Gasteiger partial charge in [0.25, 0.3) is 0 Å². The van der Waals surface area contributed by atoms with E-state index in [-0.39, 0.29) is 0 Å². The van der Waals surface area contributed by atoms with E-state index >= 15 is 0 Å². The second-order valence-corrected chi connectivity index (χ2v) is 12.5. The molecule has 0 aliphatic heterocycles. The van der Waals surface area contributed by atoms with Gasteiger partial charge in [-0.25, -0.2) is 0 Å². The van der Waals surface area contributed by atoms with Crippen molar-refractivity contribution in [2.24, 2.45) is 0 Å². The minimum absolute atomic E-state index is 1.14. The van der Waals surface area contributed by atoms with Gasteiger partial charge in [-0.15, -0.1) is 0 Å². The molecule has 35 heavy (non-hydrogen) atoms. The molecular weight excluding hydrogens is 439 g/mol. The van der Waals surface area contributed by atoms with Crippen molar-refractivity contribution in [1.29, 1.82) is 0 Å². The Morgan fingerprint density at radius 2 is 0.714 bits per heavy atom. The van der Waals surface area contributed by atoms with Crippen molar-refractivity contribution in [2.45, 2.75) is 0 Å². The molecule has 0 atom stereocenters. The van der Waals surface area contributed by atoms with E-state index in [2.05, 4.69) is 152 Å². The van der Waals surface area contributed by atoms with Crippen molar-refractivity contribution in [3.8, 4) is 0 Å². The Hall–Kier alpha value is -3.99. The zero-order chi connectivity index (χ0) is 23.9. The Labute approximate surface area is 209 Å². The summed E-state index contributed by atoms with van der Waals surface area (Å²) in [6.45, 7) is 3.95. The summed E-state index contributed by atoms with van der Waals surface area (Å²) in [4.78, 5) is 0. The van der Waals surface area contributed by atoms with Crippen LogP contribution in [0, 0.1) is 0 Å². The van der Waals surface area contributed by atoms with Gasteiger partial charge in [0.2, 0.25) is 0 Å². The Balaban J connectivity index is 1.69. The first-order valence-electron chi connectivity index (χ1n) is 12.0. The molecule has 0 aromatic heterocycles. The molecule has 5 aromatic carbocycles. The van der Waals surface area contributed by atoms with Crippen LogP contribution in [0.4, 0.5) is 0 Å². The molecule has 0 unspecified atom stereocenters. The second kappa shape index (κ2) is 10.5. The fourth-order valence-corrected chi connectivity index (χ4v) is 9.56. The quantitative estimate of drug-likeness (QED) is 0.181. The summed E-state index contributed by atoms with van der Waals surface area (Å²) in [5.41, 5.74) is 3.54. The molecule has 0 heterocycles. The minimum atomic E-state index is -2.50. The third-order valence-electron chi connectivity index (χ3n) is 6.60. The van der Waals surface area contributed by atoms with Gasteiger partial charge in [-0.1, -0.05) is 0 Å². The molecular formula is C34H29P. The van der Waals surface area contributed by atoms with Crippen molar-refractivity contribution in [2.75, 3.05) is 0 Å². The molecule has 170 valence electrons. The normalized spacial score (nSPS) is 11.9. The molecule has 0 spiro atoms. The zero-order valence-corrected chi connectivity index (χ0v) is 20.7. The maximum absolute atomic E-state index is 3.95. The van der Waals surface area contributed by atoms with Crippen LogP contribution in [-0.2, 0) is 0 Å². The Morgan fingerprint density at radius 3 is 1.14 bits per heavy atom. The van der Waals surface area contributed by atoms with Crippen LogP contribution in [0.3, 0.4) is 0 Å². The maximum atomic E-state index is 3.95. The summed E-state index contributed by atoms with van der Waals surface area (Å²) in [7, 11) is -2.50. The van der Waals surface area contributed by atoms with Gasteiger partial charge in [0.15, 0.2) is 0 Å². The van der Waals surface area contributed by atoms with Gasteiger partial charge in [0, 0.05) is 0 Å². The molecule has 0 fully saturated rings. The number of hydrogen-bond acceptors (Lipinski definition) is 0. The molecule has 0 bridgehead atoms. The monoisotopic (exact) mass is 468 g/mol. The van der Waals surface area contributed by atoms with E-state index in [0.717, 1.165) is 5.56 Å². The van der Waals surface area contributed by atoms with Crippen molar-refractivity contribution < 1.29 is 0 Å². The zero-order valence-electron chi connectivity index (χ0n) is 19.7. The van der Waals surface area contributed by atoms with Gasteiger partial charge in [-0.3, -0.25) is 0 Å². The number of rotatable bonds is 7. The summed E-state index contributed by atoms with van der Waals surface area (Å²) in [6, 6.07) is 50.6. The molecule has 0 amide bonds. The second-order valence-electron chi connectivity index (χ2n) is 8.67. The van der Waals surface area contributed by atoms with Crippen molar-refractivity contribution in [3.05, 3.63) is 163 Å². The fourth-order valence-electron chi connectivity index (χ4n) is 4.85. The Bertz CT molecular complexity index is 1360. The van der Waals surface area contributed by atoms with E-state index in [4.69, 9.17) is 0 Å². The summed E-state index contributed by atoms with van der Waals surface area (Å²) in [5, 5.41) is 5.50. The average Bonchev–Trinajstić information content (AvgIpc) is 2.95. The van der Waals surface area contributed by atoms with Gasteiger partial charge in [0.05, 0.1) is 0 Å². The topological polar surface area (TPSA) is 0 Å². The van der Waals surface area contributed by atoms with Gasteiger partial charge in [0.1, 0.15) is 0 Å². The van der Waals surface area contributed by atoms with Crippen LogP contribution in [0.1, 0.15) is 16.7 Å². The first kappa shape index (κ1) is 22.8. The Kier molecular flexibility index (Phi) is 6.85. The van der Waals surface area contributed by atoms with E-state index in [1.54, 1.807) is 0 Å². The molecule has 0 saturated carbocycles. The SMILES string of the molecule is C=Cc1ccc([PH](c2ccccc2)(c2ccccc2)c2ccc(C=Cc3ccccc3)cc2)cc1. The van der Waals surface area contributed by atoms with Crippen molar-refractivity contribution in [1.82, 2.24) is 0 Å². The van der Waals surface area contributed by atoms with E-state index in [0.29, 0.717) is 0 Å². The van der Waals surface area contributed by atoms with Crippen molar-refractivity contribution >= 4 is 46.7 Å². The predicted molar refractivity (Wildman–Crippen MR) is 158 cm³/mol. The van der Waals surface area contributed by atoms with Crippen molar-refractivity contribution in [3.63, 3.8) is 0 Å². The summed E-state index contributed by atoms with van der Waals surface area (Å²) < 4.78 is 0. The van der Waals surface area contributed by atoms with Gasteiger partial charge >= 0.3 is 210 Å². The summed E-state index contributed by atoms with van der Waals surface area (Å²) >= 11 is 0. The van der Waals surface area contributed by atoms with E-state index < -0.39 is 7.26 Å². The van der Waals surface area contributed by atoms with Crippen LogP contribution < -0.4 is 21.2 Å². The Morgan fingerprint density at radius 1 is 0.371 bits per heavy atom. The third-order valence-corrected chi connectivity index (χ3v) is 11.4. The number of benzene rings is 5. The van der Waals surface area contributed by atoms with Gasteiger partial charge in [-0.05, 0) is 0 Å². The molecule has 0 N–H and O–H groups in total. The van der Waals surface area contributed by atoms with Gasteiger partial charge in [-0.2, -0.15) is 0 Å². The molecule has 0 aliphatic carbocycles. The summed E-state index contributed by atoms with van der Waals surface area (Å²) in [6.07, 6.45) is 6.26. The predicted octanol–water partition coefficient (Wildman–Crippen LogP) is 6.85. The van der Waals surface area contributed by atoms with Crippen LogP contribution >= 0.6 is 7.26 Å². The van der Waals surface area contributed by atoms with E-state index in [1.165, 1.54) is 32.3 Å². The van der Waals surface area contributed by atoms with E-state index in [9.17, 15) is 0 Å². The van der Waals surface area contributed by atoms with Gasteiger partial charge < -0.3 is 0 Å². The molecule has 5 aromatic rings. The molecule has 0 radical (unpaired) electrons. The first-order chi connectivity index (χ1) is 17.3. The molecule has 1 heteroatoms. The summed E-state index contributed by atoms with van der Waals surface area (Å²) in [5.74, 6) is 0. The molecule has 0 aliphatic rings. The van der Waals surface area contributed by atoms with Crippen LogP contribution in [-0.4, -0.2) is 0 Å². The standard InChI is InChI=1S/C34H29P/c1-2-28-20-24-33(25-21-28)35(31-14-8-4-9-15-31,32-16-10-5-11-17-32)34-26-22-30(23-27-34)19-18-29-12-6-3-7-13-29/h2-27,35H,1H2. The average molecular weight is 469 g/mol. The van der Waals surface area contributed by atoms with Crippen LogP contribution in [0.5, 0.6) is 0 Å². The molecule has 5 rings (SSSR count). The number of hydrogen-bond donors (Lipinski definition) is 0. The molecule has 0 nitrogen and oxygen atoms in total. The van der Waals surface area contributed by atoms with Crippen LogP contribution in [0.15, 0.2) is 146 Å². The van der Waals surface area contributed by atoms with Crippen LogP contribution in [0.25, 0.3) is 18.2 Å². The first-order valence-corrected chi connectivity index (χ1v) is 14.0. The molecule has 0 saturated heterocycles. The van der Waals surface area contributed by atoms with E-state index in [1.807, 2.05) is 12.1 Å². The third kappa shape index (κ3) is 4.67. The van der Waals surface area contributed by atoms with Crippen LogP contribution in [0.2, 0.25) is 0 Å². The fraction of sp³-hybridized carbons (Fsp3) is 0.